The van der Waals surface area contributed by atoms with Crippen molar-refractivity contribution >= 4 is 23.2 Å². The fraction of sp³-hybridized carbons (Fsp3) is 0.214. The van der Waals surface area contributed by atoms with Gasteiger partial charge in [0.25, 0.3) is 0 Å². The average molecular weight is 503 g/mol. The van der Waals surface area contributed by atoms with Crippen LogP contribution in [0.5, 0.6) is 5.75 Å². The molecule has 190 valence electrons. The third kappa shape index (κ3) is 6.86. The van der Waals surface area contributed by atoms with Crippen LogP contribution >= 0.6 is 0 Å². The second kappa shape index (κ2) is 12.0. The molecule has 4 rings (SSSR count). The SMILES string of the molecule is COCCOc1ccc(Nc2nccc(CC(=O)c3cccc(CC(=O)c4cccn4C)c3)n2)cc1F. The molecule has 0 aliphatic rings. The van der Waals surface area contributed by atoms with Gasteiger partial charge in [0.2, 0.25) is 5.95 Å². The Balaban J connectivity index is 1.39. The Kier molecular flexibility index (Phi) is 8.37. The molecular formula is C28H27FN4O4. The molecule has 0 aliphatic heterocycles. The van der Waals surface area contributed by atoms with Gasteiger partial charge in [-0.05, 0) is 42.0 Å². The number of hydrogen-bond donors (Lipinski definition) is 1. The lowest BCUT2D eigenvalue weighted by Gasteiger charge is -2.10. The molecule has 0 atom stereocenters. The quantitative estimate of drug-likeness (QED) is 0.224. The van der Waals surface area contributed by atoms with E-state index >= 15 is 0 Å². The number of halogens is 1. The summed E-state index contributed by atoms with van der Waals surface area (Å²) in [5, 5.41) is 2.95. The third-order valence-electron chi connectivity index (χ3n) is 5.63. The van der Waals surface area contributed by atoms with Crippen molar-refractivity contribution in [2.75, 3.05) is 25.6 Å². The van der Waals surface area contributed by atoms with Gasteiger partial charge >= 0.3 is 0 Å². The first-order chi connectivity index (χ1) is 17.9. The van der Waals surface area contributed by atoms with Gasteiger partial charge in [-0.3, -0.25) is 9.59 Å². The van der Waals surface area contributed by atoms with Crippen molar-refractivity contribution in [3.8, 4) is 5.75 Å². The summed E-state index contributed by atoms with van der Waals surface area (Å²) in [7, 11) is 3.36. The molecular weight excluding hydrogens is 475 g/mol. The molecule has 8 nitrogen and oxygen atoms in total. The van der Waals surface area contributed by atoms with Crippen LogP contribution in [0.4, 0.5) is 16.0 Å². The molecule has 2 aromatic heterocycles. The predicted octanol–water partition coefficient (Wildman–Crippen LogP) is 4.57. The summed E-state index contributed by atoms with van der Waals surface area (Å²) in [4.78, 5) is 34.1. The van der Waals surface area contributed by atoms with Crippen molar-refractivity contribution in [1.82, 2.24) is 14.5 Å². The maximum Gasteiger partial charge on any atom is 0.227 e. The molecule has 1 N–H and O–H groups in total. The Morgan fingerprint density at radius 1 is 1.00 bits per heavy atom. The number of ether oxygens (including phenoxy) is 2. The fourth-order valence-corrected chi connectivity index (χ4v) is 3.76. The van der Waals surface area contributed by atoms with E-state index in [-0.39, 0.29) is 42.7 Å². The summed E-state index contributed by atoms with van der Waals surface area (Å²) in [5.41, 5.74) is 2.82. The molecule has 0 spiro atoms. The van der Waals surface area contributed by atoms with Gasteiger partial charge < -0.3 is 19.4 Å². The molecule has 0 saturated carbocycles. The van der Waals surface area contributed by atoms with Crippen LogP contribution in [0, 0.1) is 5.82 Å². The summed E-state index contributed by atoms with van der Waals surface area (Å²) in [5.74, 6) is -0.330. The monoisotopic (exact) mass is 502 g/mol. The van der Waals surface area contributed by atoms with Gasteiger partial charge in [0.05, 0.1) is 24.4 Å². The Hall–Kier alpha value is -4.37. The van der Waals surface area contributed by atoms with Crippen LogP contribution in [-0.4, -0.2) is 46.4 Å². The number of methoxy groups -OCH3 is 1. The standard InChI is InChI=1S/C28H27FN4O4/c1-33-12-4-7-24(33)26(35)16-19-5-3-6-20(15-19)25(34)18-22-10-11-30-28(32-22)31-21-8-9-27(23(29)17-21)37-14-13-36-2/h3-12,15,17H,13-14,16,18H2,1-2H3,(H,30,31,32). The molecule has 37 heavy (non-hydrogen) atoms. The highest BCUT2D eigenvalue weighted by Crippen LogP contribution is 2.23. The Morgan fingerprint density at radius 2 is 1.86 bits per heavy atom. The van der Waals surface area contributed by atoms with Gasteiger partial charge in [0.15, 0.2) is 23.1 Å². The summed E-state index contributed by atoms with van der Waals surface area (Å²) in [6.45, 7) is 0.598. The number of aryl methyl sites for hydroxylation is 1. The lowest BCUT2D eigenvalue weighted by atomic mass is 10.0. The average Bonchev–Trinajstić information content (AvgIpc) is 3.32. The van der Waals surface area contributed by atoms with Crippen LogP contribution in [0.25, 0.3) is 0 Å². The van der Waals surface area contributed by atoms with Crippen LogP contribution in [0.1, 0.15) is 32.1 Å². The van der Waals surface area contributed by atoms with Crippen molar-refractivity contribution in [1.29, 1.82) is 0 Å². The van der Waals surface area contributed by atoms with E-state index in [1.807, 2.05) is 25.4 Å². The third-order valence-corrected chi connectivity index (χ3v) is 5.63. The van der Waals surface area contributed by atoms with E-state index in [2.05, 4.69) is 15.3 Å². The van der Waals surface area contributed by atoms with E-state index in [0.29, 0.717) is 29.2 Å². The summed E-state index contributed by atoms with van der Waals surface area (Å²) in [6, 6.07) is 16.7. The van der Waals surface area contributed by atoms with Gasteiger partial charge in [0, 0.05) is 50.3 Å². The number of benzene rings is 2. The number of anilines is 2. The highest BCUT2D eigenvalue weighted by atomic mass is 19.1. The zero-order valence-corrected chi connectivity index (χ0v) is 20.6. The number of Topliss-reactive ketones (excluding diaryl/α,β-unsaturated/α-hetero) is 2. The topological polar surface area (TPSA) is 95.3 Å². The largest absolute Gasteiger partial charge is 0.488 e. The molecule has 9 heteroatoms. The molecule has 0 bridgehead atoms. The van der Waals surface area contributed by atoms with E-state index in [1.54, 1.807) is 48.1 Å². The molecule has 0 amide bonds. The van der Waals surface area contributed by atoms with Gasteiger partial charge in [-0.25, -0.2) is 14.4 Å². The highest BCUT2D eigenvalue weighted by molar-refractivity contribution is 5.99. The zero-order valence-electron chi connectivity index (χ0n) is 20.6. The number of nitrogens with one attached hydrogen (secondary N) is 1. The molecule has 4 aromatic rings. The predicted molar refractivity (Wildman–Crippen MR) is 137 cm³/mol. The molecule has 2 heterocycles. The van der Waals surface area contributed by atoms with Crippen LogP contribution in [0.3, 0.4) is 0 Å². The summed E-state index contributed by atoms with van der Waals surface area (Å²) >= 11 is 0. The minimum atomic E-state index is -0.530. The van der Waals surface area contributed by atoms with E-state index in [9.17, 15) is 14.0 Å². The Labute approximate surface area is 214 Å². The van der Waals surface area contributed by atoms with E-state index in [4.69, 9.17) is 9.47 Å². The van der Waals surface area contributed by atoms with Crippen molar-refractivity contribution in [2.45, 2.75) is 12.8 Å². The number of aromatic nitrogens is 3. The van der Waals surface area contributed by atoms with Crippen LogP contribution < -0.4 is 10.1 Å². The smallest absolute Gasteiger partial charge is 0.227 e. The first-order valence-electron chi connectivity index (χ1n) is 11.7. The van der Waals surface area contributed by atoms with Crippen LogP contribution in [0.15, 0.2) is 73.1 Å². The van der Waals surface area contributed by atoms with E-state index in [0.717, 1.165) is 5.56 Å². The number of rotatable bonds is 12. The van der Waals surface area contributed by atoms with Crippen LogP contribution in [0.2, 0.25) is 0 Å². The van der Waals surface area contributed by atoms with Crippen molar-refractivity contribution < 1.29 is 23.5 Å². The first-order valence-corrected chi connectivity index (χ1v) is 11.7. The fourth-order valence-electron chi connectivity index (χ4n) is 3.76. The van der Waals surface area contributed by atoms with E-state index in [1.165, 1.54) is 18.3 Å². The molecule has 0 unspecified atom stereocenters. The number of carbonyl (C=O) groups is 2. The van der Waals surface area contributed by atoms with E-state index < -0.39 is 5.82 Å². The lowest BCUT2D eigenvalue weighted by Crippen LogP contribution is -2.10. The second-order valence-corrected chi connectivity index (χ2v) is 8.39. The minimum absolute atomic E-state index is 0.0189. The number of carbonyl (C=O) groups excluding carboxylic acids is 2. The van der Waals surface area contributed by atoms with Gasteiger partial charge in [-0.1, -0.05) is 18.2 Å². The maximum absolute atomic E-state index is 14.3. The lowest BCUT2D eigenvalue weighted by molar-refractivity contribution is 0.0976. The van der Waals surface area contributed by atoms with Crippen molar-refractivity contribution in [3.63, 3.8) is 0 Å². The highest BCUT2D eigenvalue weighted by Gasteiger charge is 2.14. The van der Waals surface area contributed by atoms with Crippen molar-refractivity contribution in [2.24, 2.45) is 7.05 Å². The number of hydrogen-bond acceptors (Lipinski definition) is 7. The number of ketones is 2. The molecule has 0 fully saturated rings. The Bertz CT molecular complexity index is 1400. The van der Waals surface area contributed by atoms with Crippen LogP contribution in [-0.2, 0) is 24.6 Å². The first kappa shape index (κ1) is 25.7. The molecule has 0 saturated heterocycles. The summed E-state index contributed by atoms with van der Waals surface area (Å²) in [6.07, 6.45) is 3.61. The molecule has 2 aromatic carbocycles. The zero-order chi connectivity index (χ0) is 26.2. The normalized spacial score (nSPS) is 10.8. The minimum Gasteiger partial charge on any atom is -0.488 e. The maximum atomic E-state index is 14.3. The number of nitrogens with zero attached hydrogens (tertiary/aromatic N) is 3. The Morgan fingerprint density at radius 3 is 2.62 bits per heavy atom. The van der Waals surface area contributed by atoms with Crippen molar-refractivity contribution in [3.05, 3.63) is 101 Å². The summed E-state index contributed by atoms with van der Waals surface area (Å²) < 4.78 is 26.3. The van der Waals surface area contributed by atoms with Gasteiger partial charge in [-0.15, -0.1) is 0 Å². The van der Waals surface area contributed by atoms with Gasteiger partial charge in [0.1, 0.15) is 6.61 Å². The molecule has 0 radical (unpaired) electrons. The molecule has 0 aliphatic carbocycles. The van der Waals surface area contributed by atoms with Gasteiger partial charge in [-0.2, -0.15) is 0 Å². The second-order valence-electron chi connectivity index (χ2n) is 8.39.